The number of anilines is 1. The van der Waals surface area contributed by atoms with Gasteiger partial charge in [0.25, 0.3) is 0 Å². The molecule has 0 fully saturated rings. The summed E-state index contributed by atoms with van der Waals surface area (Å²) in [4.78, 5) is 4.71. The molecule has 2 N–H and O–H groups in total. The first kappa shape index (κ1) is 13.1. The molecule has 0 saturated carbocycles. The van der Waals surface area contributed by atoms with E-state index in [1.54, 1.807) is 11.3 Å². The number of aryl methyl sites for hydroxylation is 1. The highest BCUT2D eigenvalue weighted by Gasteiger charge is 2.17. The van der Waals surface area contributed by atoms with Crippen molar-refractivity contribution in [1.29, 1.82) is 0 Å². The van der Waals surface area contributed by atoms with Crippen LogP contribution in [0.4, 0.5) is 5.69 Å². The summed E-state index contributed by atoms with van der Waals surface area (Å²) in [5.74, 6) is 0. The fraction of sp³-hybridized carbons (Fsp3) is 0.400. The molecule has 2 nitrogen and oxygen atoms in total. The van der Waals surface area contributed by atoms with E-state index in [-0.39, 0.29) is 5.41 Å². The zero-order chi connectivity index (χ0) is 13.3. The van der Waals surface area contributed by atoms with Gasteiger partial charge in [0.05, 0.1) is 10.7 Å². The standard InChI is InChI=1S/C15H20N2S/c1-10-5-11(7-12(16)6-10)8-14-17-13(9-18-14)15(2,3)4/h5-7,9H,8,16H2,1-4H3. The molecule has 2 rings (SSSR count). The number of hydrogen-bond donors (Lipinski definition) is 1. The zero-order valence-corrected chi connectivity index (χ0v) is 12.3. The molecule has 0 unspecified atom stereocenters. The van der Waals surface area contributed by atoms with Crippen LogP contribution in [0.3, 0.4) is 0 Å². The summed E-state index contributed by atoms with van der Waals surface area (Å²) < 4.78 is 0. The summed E-state index contributed by atoms with van der Waals surface area (Å²) in [6.45, 7) is 8.64. The molecule has 1 aromatic heterocycles. The monoisotopic (exact) mass is 260 g/mol. The van der Waals surface area contributed by atoms with Gasteiger partial charge in [-0.15, -0.1) is 11.3 Å². The molecule has 0 aliphatic rings. The van der Waals surface area contributed by atoms with Crippen molar-refractivity contribution in [2.24, 2.45) is 0 Å². The lowest BCUT2D eigenvalue weighted by atomic mass is 9.93. The average molecular weight is 260 g/mol. The quantitative estimate of drug-likeness (QED) is 0.831. The van der Waals surface area contributed by atoms with Crippen molar-refractivity contribution in [3.8, 4) is 0 Å². The van der Waals surface area contributed by atoms with Crippen LogP contribution >= 0.6 is 11.3 Å². The summed E-state index contributed by atoms with van der Waals surface area (Å²) >= 11 is 1.73. The summed E-state index contributed by atoms with van der Waals surface area (Å²) in [5.41, 5.74) is 10.4. The summed E-state index contributed by atoms with van der Waals surface area (Å²) in [5, 5.41) is 3.32. The molecule has 2 aromatic rings. The van der Waals surface area contributed by atoms with E-state index in [1.807, 2.05) is 12.1 Å². The molecule has 0 bridgehead atoms. The number of benzene rings is 1. The Hall–Kier alpha value is -1.35. The van der Waals surface area contributed by atoms with Crippen LogP contribution in [-0.2, 0) is 11.8 Å². The molecule has 96 valence electrons. The van der Waals surface area contributed by atoms with E-state index in [0.717, 1.165) is 17.1 Å². The Labute approximate surface area is 113 Å². The number of hydrogen-bond acceptors (Lipinski definition) is 3. The maximum atomic E-state index is 5.87. The number of nitrogen functional groups attached to an aromatic ring is 1. The van der Waals surface area contributed by atoms with Crippen LogP contribution in [0.25, 0.3) is 0 Å². The predicted octanol–water partition coefficient (Wildman–Crippen LogP) is 3.92. The number of nitrogens with zero attached hydrogens (tertiary/aromatic N) is 1. The van der Waals surface area contributed by atoms with Gasteiger partial charge in [-0.25, -0.2) is 4.98 Å². The lowest BCUT2D eigenvalue weighted by molar-refractivity contribution is 0.571. The van der Waals surface area contributed by atoms with Crippen LogP contribution in [0.15, 0.2) is 23.6 Å². The molecule has 0 aliphatic heterocycles. The van der Waals surface area contributed by atoms with Gasteiger partial charge in [-0.1, -0.05) is 26.8 Å². The lowest BCUT2D eigenvalue weighted by Gasteiger charge is -2.14. The fourth-order valence-corrected chi connectivity index (χ4v) is 2.96. The first-order valence-electron chi connectivity index (χ1n) is 6.15. The van der Waals surface area contributed by atoms with Crippen molar-refractivity contribution in [2.75, 3.05) is 5.73 Å². The lowest BCUT2D eigenvalue weighted by Crippen LogP contribution is -2.11. The molecule has 1 aromatic carbocycles. The number of thiazole rings is 1. The zero-order valence-electron chi connectivity index (χ0n) is 11.4. The van der Waals surface area contributed by atoms with Gasteiger partial charge in [-0.2, -0.15) is 0 Å². The SMILES string of the molecule is Cc1cc(N)cc(Cc2nc(C(C)(C)C)cs2)c1. The average Bonchev–Trinajstić information content (AvgIpc) is 2.63. The third-order valence-corrected chi connectivity index (χ3v) is 3.68. The van der Waals surface area contributed by atoms with Crippen molar-refractivity contribution in [3.63, 3.8) is 0 Å². The summed E-state index contributed by atoms with van der Waals surface area (Å²) in [7, 11) is 0. The van der Waals surface area contributed by atoms with Crippen LogP contribution in [0.2, 0.25) is 0 Å². The second-order valence-electron chi connectivity index (χ2n) is 5.81. The van der Waals surface area contributed by atoms with Crippen LogP contribution in [-0.4, -0.2) is 4.98 Å². The van der Waals surface area contributed by atoms with Crippen LogP contribution in [0.5, 0.6) is 0 Å². The number of rotatable bonds is 2. The van der Waals surface area contributed by atoms with Gasteiger partial charge in [-0.3, -0.25) is 0 Å². The van der Waals surface area contributed by atoms with Gasteiger partial charge in [-0.05, 0) is 30.2 Å². The minimum Gasteiger partial charge on any atom is -0.399 e. The molecule has 0 spiro atoms. The van der Waals surface area contributed by atoms with E-state index in [1.165, 1.54) is 16.8 Å². The van der Waals surface area contributed by atoms with Gasteiger partial charge in [0.1, 0.15) is 0 Å². The van der Waals surface area contributed by atoms with Crippen molar-refractivity contribution in [2.45, 2.75) is 39.5 Å². The van der Waals surface area contributed by atoms with Crippen LogP contribution in [0.1, 0.15) is 42.6 Å². The molecule has 18 heavy (non-hydrogen) atoms. The molecule has 0 aliphatic carbocycles. The fourth-order valence-electron chi connectivity index (χ4n) is 1.91. The highest BCUT2D eigenvalue weighted by atomic mass is 32.1. The Morgan fingerprint density at radius 3 is 2.50 bits per heavy atom. The molecule has 0 radical (unpaired) electrons. The third kappa shape index (κ3) is 3.10. The maximum Gasteiger partial charge on any atom is 0.0972 e. The topological polar surface area (TPSA) is 38.9 Å². The number of nitrogens with two attached hydrogens (primary N) is 1. The maximum absolute atomic E-state index is 5.87. The molecular formula is C15H20N2S. The second-order valence-corrected chi connectivity index (χ2v) is 6.75. The molecule has 0 atom stereocenters. The van der Waals surface area contributed by atoms with Crippen molar-refractivity contribution in [1.82, 2.24) is 4.98 Å². The van der Waals surface area contributed by atoms with E-state index >= 15 is 0 Å². The van der Waals surface area contributed by atoms with Crippen molar-refractivity contribution >= 4 is 17.0 Å². The van der Waals surface area contributed by atoms with Gasteiger partial charge in [0, 0.05) is 22.9 Å². The Morgan fingerprint density at radius 2 is 1.94 bits per heavy atom. The first-order valence-corrected chi connectivity index (χ1v) is 7.03. The molecule has 1 heterocycles. The van der Waals surface area contributed by atoms with Crippen LogP contribution in [0, 0.1) is 6.92 Å². The highest BCUT2D eigenvalue weighted by Crippen LogP contribution is 2.25. The Bertz CT molecular complexity index is 530. The van der Waals surface area contributed by atoms with E-state index in [0.29, 0.717) is 0 Å². The smallest absolute Gasteiger partial charge is 0.0972 e. The van der Waals surface area contributed by atoms with E-state index in [2.05, 4.69) is 39.1 Å². The van der Waals surface area contributed by atoms with Crippen molar-refractivity contribution < 1.29 is 0 Å². The minimum atomic E-state index is 0.125. The van der Waals surface area contributed by atoms with Crippen LogP contribution < -0.4 is 5.73 Å². The summed E-state index contributed by atoms with van der Waals surface area (Å²) in [6.07, 6.45) is 0.868. The highest BCUT2D eigenvalue weighted by molar-refractivity contribution is 7.09. The number of aromatic nitrogens is 1. The van der Waals surface area contributed by atoms with Gasteiger partial charge < -0.3 is 5.73 Å². The first-order chi connectivity index (χ1) is 8.34. The van der Waals surface area contributed by atoms with E-state index < -0.39 is 0 Å². The second kappa shape index (κ2) is 4.73. The molecular weight excluding hydrogens is 240 g/mol. The predicted molar refractivity (Wildman–Crippen MR) is 79.2 cm³/mol. The molecule has 0 amide bonds. The van der Waals surface area contributed by atoms with Gasteiger partial charge in [0.15, 0.2) is 0 Å². The Morgan fingerprint density at radius 1 is 1.22 bits per heavy atom. The van der Waals surface area contributed by atoms with Gasteiger partial charge in [0.2, 0.25) is 0 Å². The normalized spacial score (nSPS) is 11.8. The van der Waals surface area contributed by atoms with E-state index in [9.17, 15) is 0 Å². The Balaban J connectivity index is 2.21. The van der Waals surface area contributed by atoms with Gasteiger partial charge >= 0.3 is 0 Å². The minimum absolute atomic E-state index is 0.125. The molecule has 3 heteroatoms. The molecule has 0 saturated heterocycles. The van der Waals surface area contributed by atoms with Crippen molar-refractivity contribution in [3.05, 3.63) is 45.4 Å². The van der Waals surface area contributed by atoms with E-state index in [4.69, 9.17) is 10.7 Å². The third-order valence-electron chi connectivity index (χ3n) is 2.83. The summed E-state index contributed by atoms with van der Waals surface area (Å²) in [6, 6.07) is 6.20. The largest absolute Gasteiger partial charge is 0.399 e. The Kier molecular flexibility index (Phi) is 3.44.